The van der Waals surface area contributed by atoms with Crippen LogP contribution < -0.4 is 10.1 Å². The fraction of sp³-hybridized carbons (Fsp3) is 0.333. The monoisotopic (exact) mass is 287 g/mol. The maximum Gasteiger partial charge on any atom is 0.126 e. The average molecular weight is 287 g/mol. The quantitative estimate of drug-likeness (QED) is 0.851. The molecule has 0 amide bonds. The molecule has 0 spiro atoms. The van der Waals surface area contributed by atoms with Crippen molar-refractivity contribution in [1.82, 2.24) is 5.32 Å². The molecule has 0 radical (unpaired) electrons. The van der Waals surface area contributed by atoms with Gasteiger partial charge >= 0.3 is 0 Å². The van der Waals surface area contributed by atoms with Crippen LogP contribution in [0.3, 0.4) is 0 Å². The van der Waals surface area contributed by atoms with Crippen LogP contribution in [0, 0.1) is 12.7 Å². The first-order valence-corrected chi connectivity index (χ1v) is 7.32. The van der Waals surface area contributed by atoms with Crippen molar-refractivity contribution in [3.63, 3.8) is 0 Å². The topological polar surface area (TPSA) is 21.3 Å². The first-order chi connectivity index (χ1) is 10.1. The van der Waals surface area contributed by atoms with Crippen LogP contribution in [0.25, 0.3) is 0 Å². The molecule has 21 heavy (non-hydrogen) atoms. The highest BCUT2D eigenvalue weighted by Gasteiger charge is 2.14. The van der Waals surface area contributed by atoms with Crippen LogP contribution in [0.2, 0.25) is 0 Å². The summed E-state index contributed by atoms with van der Waals surface area (Å²) in [5.74, 6) is 0.549. The molecule has 0 aliphatic rings. The van der Waals surface area contributed by atoms with E-state index in [1.165, 1.54) is 0 Å². The zero-order valence-corrected chi connectivity index (χ0v) is 12.8. The molecule has 0 fully saturated rings. The lowest BCUT2D eigenvalue weighted by atomic mass is 10.0. The molecule has 0 aromatic heterocycles. The van der Waals surface area contributed by atoms with Crippen molar-refractivity contribution in [3.8, 4) is 5.75 Å². The lowest BCUT2D eigenvalue weighted by Gasteiger charge is -2.19. The number of halogens is 1. The summed E-state index contributed by atoms with van der Waals surface area (Å²) in [4.78, 5) is 0. The Morgan fingerprint density at radius 1 is 1.19 bits per heavy atom. The number of nitrogens with one attached hydrogen (secondary N) is 1. The van der Waals surface area contributed by atoms with Crippen LogP contribution in [0.1, 0.15) is 36.6 Å². The van der Waals surface area contributed by atoms with E-state index in [9.17, 15) is 4.39 Å². The molecule has 2 aromatic carbocycles. The zero-order chi connectivity index (χ0) is 15.2. The van der Waals surface area contributed by atoms with Gasteiger partial charge in [-0.2, -0.15) is 0 Å². The number of rotatable bonds is 6. The van der Waals surface area contributed by atoms with Crippen molar-refractivity contribution < 1.29 is 9.13 Å². The van der Waals surface area contributed by atoms with E-state index in [2.05, 4.69) is 5.32 Å². The van der Waals surface area contributed by atoms with Gasteiger partial charge in [-0.1, -0.05) is 37.3 Å². The number of hydrogen-bond donors (Lipinski definition) is 1. The van der Waals surface area contributed by atoms with Crippen molar-refractivity contribution in [3.05, 3.63) is 65.0 Å². The number of benzene rings is 2. The smallest absolute Gasteiger partial charge is 0.126 e. The Bertz CT molecular complexity index is 583. The molecular formula is C18H22FNO. The highest BCUT2D eigenvalue weighted by molar-refractivity contribution is 5.40. The van der Waals surface area contributed by atoms with Crippen LogP contribution in [-0.4, -0.2) is 6.54 Å². The van der Waals surface area contributed by atoms with E-state index < -0.39 is 0 Å². The Kier molecular flexibility index (Phi) is 5.34. The van der Waals surface area contributed by atoms with Crippen molar-refractivity contribution in [2.24, 2.45) is 0 Å². The van der Waals surface area contributed by atoms with E-state index in [-0.39, 0.29) is 11.9 Å². The predicted octanol–water partition coefficient (Wildman–Crippen LogP) is 4.38. The molecule has 2 rings (SSSR count). The van der Waals surface area contributed by atoms with E-state index >= 15 is 0 Å². The van der Waals surface area contributed by atoms with Gasteiger partial charge in [0.05, 0.1) is 0 Å². The summed E-state index contributed by atoms with van der Waals surface area (Å²) >= 11 is 0. The molecule has 0 aliphatic carbocycles. The van der Waals surface area contributed by atoms with Gasteiger partial charge in [0.2, 0.25) is 0 Å². The second-order valence-corrected chi connectivity index (χ2v) is 5.19. The fourth-order valence-corrected chi connectivity index (χ4v) is 2.29. The summed E-state index contributed by atoms with van der Waals surface area (Å²) in [5.41, 5.74) is 2.56. The lowest BCUT2D eigenvalue weighted by Crippen LogP contribution is -2.19. The van der Waals surface area contributed by atoms with Gasteiger partial charge in [0.15, 0.2) is 0 Å². The van der Waals surface area contributed by atoms with Crippen LogP contribution in [0.15, 0.2) is 42.5 Å². The van der Waals surface area contributed by atoms with Gasteiger partial charge in [0.1, 0.15) is 18.2 Å². The minimum atomic E-state index is -0.193. The third-order valence-electron chi connectivity index (χ3n) is 3.51. The molecule has 0 bridgehead atoms. The SMILES string of the molecule is CCNC(C)c1cc(F)c(C)cc1OCc1ccccc1. The van der Waals surface area contributed by atoms with Crippen molar-refractivity contribution in [1.29, 1.82) is 0 Å². The van der Waals surface area contributed by atoms with Crippen LogP contribution in [0.4, 0.5) is 4.39 Å². The number of hydrogen-bond acceptors (Lipinski definition) is 2. The minimum absolute atomic E-state index is 0.0517. The second kappa shape index (κ2) is 7.23. The molecule has 0 saturated carbocycles. The van der Waals surface area contributed by atoms with Gasteiger partial charge < -0.3 is 10.1 Å². The summed E-state index contributed by atoms with van der Waals surface area (Å²) in [6.07, 6.45) is 0. The number of aryl methyl sites for hydroxylation is 1. The Balaban J connectivity index is 2.22. The largest absolute Gasteiger partial charge is 0.489 e. The van der Waals surface area contributed by atoms with Gasteiger partial charge in [-0.05, 0) is 43.7 Å². The second-order valence-electron chi connectivity index (χ2n) is 5.19. The Labute approximate surface area is 126 Å². The highest BCUT2D eigenvalue weighted by Crippen LogP contribution is 2.29. The van der Waals surface area contributed by atoms with Gasteiger partial charge in [-0.15, -0.1) is 0 Å². The lowest BCUT2D eigenvalue weighted by molar-refractivity contribution is 0.299. The van der Waals surface area contributed by atoms with E-state index in [1.54, 1.807) is 19.1 Å². The third-order valence-corrected chi connectivity index (χ3v) is 3.51. The van der Waals surface area contributed by atoms with Crippen molar-refractivity contribution >= 4 is 0 Å². The van der Waals surface area contributed by atoms with E-state index in [0.29, 0.717) is 12.2 Å². The van der Waals surface area contributed by atoms with E-state index in [4.69, 9.17) is 4.74 Å². The Morgan fingerprint density at radius 3 is 2.57 bits per heavy atom. The maximum absolute atomic E-state index is 13.8. The molecule has 0 heterocycles. The third kappa shape index (κ3) is 4.05. The molecule has 2 nitrogen and oxygen atoms in total. The molecule has 0 saturated heterocycles. The summed E-state index contributed by atoms with van der Waals surface area (Å²) in [6.45, 7) is 7.12. The summed E-state index contributed by atoms with van der Waals surface area (Å²) in [5, 5.41) is 3.30. The molecule has 112 valence electrons. The summed E-state index contributed by atoms with van der Waals surface area (Å²) < 4.78 is 19.8. The van der Waals surface area contributed by atoms with Crippen LogP contribution >= 0.6 is 0 Å². The zero-order valence-electron chi connectivity index (χ0n) is 12.8. The minimum Gasteiger partial charge on any atom is -0.489 e. The predicted molar refractivity (Wildman–Crippen MR) is 84.0 cm³/mol. The highest BCUT2D eigenvalue weighted by atomic mass is 19.1. The van der Waals surface area contributed by atoms with Crippen molar-refractivity contribution in [2.75, 3.05) is 6.54 Å². The van der Waals surface area contributed by atoms with Gasteiger partial charge in [-0.3, -0.25) is 0 Å². The summed E-state index contributed by atoms with van der Waals surface area (Å²) in [6, 6.07) is 13.4. The first kappa shape index (κ1) is 15.5. The van der Waals surface area contributed by atoms with Crippen LogP contribution in [-0.2, 0) is 6.61 Å². The summed E-state index contributed by atoms with van der Waals surface area (Å²) in [7, 11) is 0. The standard InChI is InChI=1S/C18H22FNO/c1-4-20-14(3)16-11-17(19)13(2)10-18(16)21-12-15-8-6-5-7-9-15/h5-11,14,20H,4,12H2,1-3H3. The molecule has 1 N–H and O–H groups in total. The van der Waals surface area contributed by atoms with Gasteiger partial charge in [-0.25, -0.2) is 4.39 Å². The molecule has 1 unspecified atom stereocenters. The molecule has 2 aromatic rings. The molecule has 1 atom stereocenters. The fourth-order valence-electron chi connectivity index (χ4n) is 2.29. The van der Waals surface area contributed by atoms with Gasteiger partial charge in [0, 0.05) is 11.6 Å². The molecular weight excluding hydrogens is 265 g/mol. The molecule has 3 heteroatoms. The molecule has 0 aliphatic heterocycles. The van der Waals surface area contributed by atoms with Crippen molar-refractivity contribution in [2.45, 2.75) is 33.4 Å². The van der Waals surface area contributed by atoms with E-state index in [0.717, 1.165) is 23.4 Å². The average Bonchev–Trinajstić information content (AvgIpc) is 2.49. The maximum atomic E-state index is 13.8. The first-order valence-electron chi connectivity index (χ1n) is 7.32. The van der Waals surface area contributed by atoms with Gasteiger partial charge in [0.25, 0.3) is 0 Å². The normalized spacial score (nSPS) is 12.2. The Hall–Kier alpha value is -1.87. The number of ether oxygens (including phenoxy) is 1. The van der Waals surface area contributed by atoms with E-state index in [1.807, 2.05) is 44.2 Å². The Morgan fingerprint density at radius 2 is 1.90 bits per heavy atom. The van der Waals surface area contributed by atoms with Crippen LogP contribution in [0.5, 0.6) is 5.75 Å².